The molecule has 0 spiro atoms. The molecule has 1 aliphatic heterocycles. The number of cyclic esters (lactones) is 1. The van der Waals surface area contributed by atoms with Crippen LogP contribution in [0.3, 0.4) is 0 Å². The Morgan fingerprint density at radius 1 is 1.41 bits per heavy atom. The highest BCUT2D eigenvalue weighted by molar-refractivity contribution is 5.95. The summed E-state index contributed by atoms with van der Waals surface area (Å²) in [6.45, 7) is 8.01. The van der Waals surface area contributed by atoms with Gasteiger partial charge in [0.2, 0.25) is 5.91 Å². The molecule has 4 heteroatoms. The van der Waals surface area contributed by atoms with Gasteiger partial charge in [-0.3, -0.25) is 4.79 Å². The van der Waals surface area contributed by atoms with Crippen LogP contribution < -0.4 is 0 Å². The van der Waals surface area contributed by atoms with E-state index in [1.165, 1.54) is 4.90 Å². The zero-order valence-corrected chi connectivity index (χ0v) is 13.2. The summed E-state index contributed by atoms with van der Waals surface area (Å²) in [6, 6.07) is 9.65. The van der Waals surface area contributed by atoms with Gasteiger partial charge in [-0.25, -0.2) is 9.69 Å². The van der Waals surface area contributed by atoms with Gasteiger partial charge in [-0.2, -0.15) is 0 Å². The fourth-order valence-corrected chi connectivity index (χ4v) is 2.75. The first-order chi connectivity index (χ1) is 10.5. The maximum atomic E-state index is 12.8. The molecule has 2 atom stereocenters. The molecule has 118 valence electrons. The molecule has 0 unspecified atom stereocenters. The van der Waals surface area contributed by atoms with Gasteiger partial charge in [0.1, 0.15) is 6.61 Å². The van der Waals surface area contributed by atoms with E-state index in [0.29, 0.717) is 12.8 Å². The number of rotatable bonds is 6. The first-order valence-corrected chi connectivity index (χ1v) is 7.69. The average Bonchev–Trinajstić information content (AvgIpc) is 2.89. The molecule has 0 N–H and O–H groups in total. The van der Waals surface area contributed by atoms with E-state index in [2.05, 4.69) is 6.58 Å². The summed E-state index contributed by atoms with van der Waals surface area (Å²) in [6.07, 6.45) is 2.35. The lowest BCUT2D eigenvalue weighted by molar-refractivity contribution is -0.133. The molecule has 0 aromatic heterocycles. The highest BCUT2D eigenvalue weighted by Crippen LogP contribution is 2.24. The molecule has 1 heterocycles. The van der Waals surface area contributed by atoms with Gasteiger partial charge in [0, 0.05) is 5.92 Å². The van der Waals surface area contributed by atoms with Crippen molar-refractivity contribution < 1.29 is 14.3 Å². The molecule has 1 aromatic carbocycles. The second kappa shape index (κ2) is 7.25. The van der Waals surface area contributed by atoms with Crippen LogP contribution in [-0.2, 0) is 16.0 Å². The zero-order valence-electron chi connectivity index (χ0n) is 13.2. The predicted octanol–water partition coefficient (Wildman–Crippen LogP) is 3.42. The van der Waals surface area contributed by atoms with E-state index in [1.807, 2.05) is 44.2 Å². The van der Waals surface area contributed by atoms with Gasteiger partial charge < -0.3 is 4.74 Å². The van der Waals surface area contributed by atoms with E-state index >= 15 is 0 Å². The smallest absolute Gasteiger partial charge is 0.416 e. The Morgan fingerprint density at radius 2 is 2.09 bits per heavy atom. The van der Waals surface area contributed by atoms with E-state index in [0.717, 1.165) is 5.56 Å². The summed E-state index contributed by atoms with van der Waals surface area (Å²) in [5.74, 6) is -0.270. The molecule has 1 aromatic rings. The minimum Gasteiger partial charge on any atom is -0.447 e. The van der Waals surface area contributed by atoms with Crippen molar-refractivity contribution in [1.29, 1.82) is 0 Å². The van der Waals surface area contributed by atoms with E-state index in [9.17, 15) is 9.59 Å². The number of amides is 2. The van der Waals surface area contributed by atoms with Crippen molar-refractivity contribution in [2.75, 3.05) is 6.61 Å². The lowest BCUT2D eigenvalue weighted by atomic mass is 9.93. The van der Waals surface area contributed by atoms with E-state index in [4.69, 9.17) is 4.74 Å². The van der Waals surface area contributed by atoms with Gasteiger partial charge in [0.05, 0.1) is 6.04 Å². The first kappa shape index (κ1) is 16.3. The van der Waals surface area contributed by atoms with Gasteiger partial charge in [-0.05, 0) is 24.3 Å². The molecule has 1 saturated heterocycles. The number of benzene rings is 1. The summed E-state index contributed by atoms with van der Waals surface area (Å²) < 4.78 is 5.08. The van der Waals surface area contributed by atoms with Crippen LogP contribution >= 0.6 is 0 Å². The molecule has 2 amide bonds. The minimum absolute atomic E-state index is 0.162. The van der Waals surface area contributed by atoms with Crippen molar-refractivity contribution in [3.05, 3.63) is 48.6 Å². The summed E-state index contributed by atoms with van der Waals surface area (Å²) >= 11 is 0. The highest BCUT2D eigenvalue weighted by Gasteiger charge is 2.41. The Bertz CT molecular complexity index is 539. The Labute approximate surface area is 131 Å². The number of carbonyl (C=O) groups is 2. The fourth-order valence-electron chi connectivity index (χ4n) is 2.75. The monoisotopic (exact) mass is 301 g/mol. The molecule has 0 aliphatic carbocycles. The maximum absolute atomic E-state index is 12.8. The third-order valence-electron chi connectivity index (χ3n) is 4.04. The van der Waals surface area contributed by atoms with Crippen molar-refractivity contribution in [2.24, 2.45) is 11.8 Å². The van der Waals surface area contributed by atoms with Crippen molar-refractivity contribution in [3.8, 4) is 0 Å². The zero-order chi connectivity index (χ0) is 16.1. The number of allylic oxidation sites excluding steroid dienone is 1. The molecule has 1 aliphatic rings. The van der Waals surface area contributed by atoms with Crippen molar-refractivity contribution in [3.63, 3.8) is 0 Å². The molecule has 2 rings (SSSR count). The van der Waals surface area contributed by atoms with Crippen LogP contribution in [0.2, 0.25) is 0 Å². The molecule has 0 radical (unpaired) electrons. The second-order valence-electron chi connectivity index (χ2n) is 6.01. The van der Waals surface area contributed by atoms with Crippen molar-refractivity contribution >= 4 is 12.0 Å². The number of hydrogen-bond donors (Lipinski definition) is 0. The number of carbonyl (C=O) groups excluding carboxylic acids is 2. The van der Waals surface area contributed by atoms with Gasteiger partial charge >= 0.3 is 6.09 Å². The number of hydrogen-bond acceptors (Lipinski definition) is 3. The summed E-state index contributed by atoms with van der Waals surface area (Å²) in [5.41, 5.74) is 1.08. The normalized spacial score (nSPS) is 19.1. The van der Waals surface area contributed by atoms with E-state index < -0.39 is 6.09 Å². The Hall–Kier alpha value is -2.10. The molecule has 4 nitrogen and oxygen atoms in total. The molecular weight excluding hydrogens is 278 g/mol. The van der Waals surface area contributed by atoms with Crippen LogP contribution in [-0.4, -0.2) is 29.5 Å². The number of imide groups is 1. The van der Waals surface area contributed by atoms with Crippen molar-refractivity contribution in [2.45, 2.75) is 32.7 Å². The molecule has 22 heavy (non-hydrogen) atoms. The van der Waals surface area contributed by atoms with Gasteiger partial charge in [-0.1, -0.05) is 50.3 Å². The second-order valence-corrected chi connectivity index (χ2v) is 6.01. The predicted molar refractivity (Wildman–Crippen MR) is 85.3 cm³/mol. The molecule has 0 bridgehead atoms. The Morgan fingerprint density at radius 3 is 2.68 bits per heavy atom. The Balaban J connectivity index is 2.18. The molecule has 0 saturated carbocycles. The Kier molecular flexibility index (Phi) is 5.36. The van der Waals surface area contributed by atoms with Crippen LogP contribution in [0.5, 0.6) is 0 Å². The summed E-state index contributed by atoms with van der Waals surface area (Å²) in [5, 5.41) is 0. The third kappa shape index (κ3) is 3.56. The lowest BCUT2D eigenvalue weighted by Crippen LogP contribution is -2.45. The van der Waals surface area contributed by atoms with Crippen LogP contribution in [0.4, 0.5) is 4.79 Å². The average molecular weight is 301 g/mol. The van der Waals surface area contributed by atoms with E-state index in [1.54, 1.807) is 6.08 Å². The van der Waals surface area contributed by atoms with Gasteiger partial charge in [-0.15, -0.1) is 6.58 Å². The number of nitrogens with zero attached hydrogens (tertiary/aromatic N) is 1. The first-order valence-electron chi connectivity index (χ1n) is 7.69. The topological polar surface area (TPSA) is 46.6 Å². The highest BCUT2D eigenvalue weighted by atomic mass is 16.6. The SMILES string of the molecule is C=CC[C@@H](Cc1ccccc1)C(=O)N1C(=O)OC[C@@H]1C(C)C. The van der Waals surface area contributed by atoms with Gasteiger partial charge in [0.15, 0.2) is 0 Å². The van der Waals surface area contributed by atoms with Crippen LogP contribution in [0.25, 0.3) is 0 Å². The van der Waals surface area contributed by atoms with Gasteiger partial charge in [0.25, 0.3) is 0 Å². The van der Waals surface area contributed by atoms with Crippen LogP contribution in [0.15, 0.2) is 43.0 Å². The quantitative estimate of drug-likeness (QED) is 0.756. The molecule has 1 fully saturated rings. The standard InChI is InChI=1S/C18H23NO3/c1-4-8-15(11-14-9-6-5-7-10-14)17(20)19-16(13(2)3)12-22-18(19)21/h4-7,9-10,13,15-16H,1,8,11-12H2,2-3H3/t15-,16+/m0/s1. The lowest BCUT2D eigenvalue weighted by Gasteiger charge is -2.26. The molecular formula is C18H23NO3. The summed E-state index contributed by atoms with van der Waals surface area (Å²) in [7, 11) is 0. The van der Waals surface area contributed by atoms with Crippen LogP contribution in [0, 0.1) is 11.8 Å². The largest absolute Gasteiger partial charge is 0.447 e. The van der Waals surface area contributed by atoms with Crippen molar-refractivity contribution in [1.82, 2.24) is 4.90 Å². The van der Waals surface area contributed by atoms with Crippen LogP contribution in [0.1, 0.15) is 25.8 Å². The minimum atomic E-state index is -0.522. The summed E-state index contributed by atoms with van der Waals surface area (Å²) in [4.78, 5) is 26.1. The van der Waals surface area contributed by atoms with E-state index in [-0.39, 0.29) is 30.4 Å². The fraction of sp³-hybridized carbons (Fsp3) is 0.444. The maximum Gasteiger partial charge on any atom is 0.416 e. The third-order valence-corrected chi connectivity index (χ3v) is 4.04. The number of ether oxygens (including phenoxy) is 1.